The molecule has 0 aromatic heterocycles. The number of likely N-dealkylation sites (N-methyl/N-ethyl adjacent to an activating group) is 1. The molecule has 2 bridgehead atoms. The summed E-state index contributed by atoms with van der Waals surface area (Å²) in [5.74, 6) is 1.80. The highest BCUT2D eigenvalue weighted by Crippen LogP contribution is 2.60. The maximum Gasteiger partial charge on any atom is 0.169 e. The monoisotopic (exact) mass is 298 g/mol. The van der Waals surface area contributed by atoms with E-state index in [4.69, 9.17) is 9.47 Å². The molecular weight excluding hydrogens is 278 g/mol. The fourth-order valence-corrected chi connectivity index (χ4v) is 5.09. The number of aromatic hydroxyl groups is 1. The number of rotatable bonds is 1. The lowest BCUT2D eigenvalue weighted by Gasteiger charge is -2.50. The summed E-state index contributed by atoms with van der Waals surface area (Å²) < 4.78 is 11.9. The van der Waals surface area contributed by atoms with Crippen LogP contribution in [0, 0.1) is 0 Å². The Bertz CT molecular complexity index is 751. The lowest BCUT2D eigenvalue weighted by Crippen LogP contribution is -3.15. The second-order valence-electron chi connectivity index (χ2n) is 6.92. The zero-order chi connectivity index (χ0) is 15.1. The number of hydrogen-bond acceptors (Lipinski definition) is 3. The van der Waals surface area contributed by atoms with Gasteiger partial charge in [-0.25, -0.2) is 0 Å². The zero-order valence-corrected chi connectivity index (χ0v) is 12.8. The summed E-state index contributed by atoms with van der Waals surface area (Å²) in [5.41, 5.74) is 3.87. The number of allylic oxidation sites excluding steroid dienone is 2. The fraction of sp³-hybridized carbons (Fsp3) is 0.444. The molecule has 5 rings (SSSR count). The molecule has 4 heteroatoms. The van der Waals surface area contributed by atoms with Crippen LogP contribution in [0.2, 0.25) is 0 Å². The molecule has 4 nitrogen and oxygen atoms in total. The average molecular weight is 298 g/mol. The molecule has 114 valence electrons. The molecule has 4 atom stereocenters. The minimum atomic E-state index is -0.133. The van der Waals surface area contributed by atoms with E-state index in [1.54, 1.807) is 18.1 Å². The first-order valence-corrected chi connectivity index (χ1v) is 7.97. The van der Waals surface area contributed by atoms with E-state index in [1.807, 2.05) is 0 Å². The van der Waals surface area contributed by atoms with Crippen LogP contribution in [0.25, 0.3) is 0 Å². The third kappa shape index (κ3) is 1.20. The SMILES string of the molecule is COC1=CC=C2[C@H]3Cc4ccc(O)c5c4[C@@]2(CC[NH+]3C)[C@H]1O5. The van der Waals surface area contributed by atoms with Gasteiger partial charge in [0.2, 0.25) is 0 Å². The minimum absolute atomic E-state index is 0.129. The van der Waals surface area contributed by atoms with Crippen LogP contribution < -0.4 is 9.64 Å². The molecule has 2 aliphatic heterocycles. The number of hydrogen-bond donors (Lipinski definition) is 2. The van der Waals surface area contributed by atoms with Crippen molar-refractivity contribution >= 4 is 0 Å². The van der Waals surface area contributed by atoms with Gasteiger partial charge in [-0.05, 0) is 17.7 Å². The van der Waals surface area contributed by atoms with Crippen LogP contribution in [-0.2, 0) is 16.6 Å². The molecule has 1 aromatic carbocycles. The number of phenols is 1. The van der Waals surface area contributed by atoms with Crippen LogP contribution in [-0.4, -0.2) is 38.0 Å². The molecule has 22 heavy (non-hydrogen) atoms. The number of quaternary nitrogens is 1. The molecule has 4 aliphatic rings. The largest absolute Gasteiger partial charge is 0.504 e. The van der Waals surface area contributed by atoms with E-state index in [0.717, 1.165) is 25.1 Å². The van der Waals surface area contributed by atoms with Crippen molar-refractivity contribution in [1.82, 2.24) is 0 Å². The van der Waals surface area contributed by atoms with Gasteiger partial charge in [-0.3, -0.25) is 0 Å². The average Bonchev–Trinajstić information content (AvgIpc) is 2.88. The van der Waals surface area contributed by atoms with Gasteiger partial charge in [0.05, 0.1) is 26.1 Å². The van der Waals surface area contributed by atoms with Gasteiger partial charge in [-0.1, -0.05) is 12.1 Å². The zero-order valence-electron chi connectivity index (χ0n) is 12.8. The first-order valence-electron chi connectivity index (χ1n) is 7.97. The molecule has 0 saturated carbocycles. The number of likely N-dealkylation sites (tertiary alicyclic amines) is 1. The topological polar surface area (TPSA) is 43.1 Å². The van der Waals surface area contributed by atoms with Crippen molar-refractivity contribution in [3.8, 4) is 11.5 Å². The normalized spacial score (nSPS) is 36.9. The van der Waals surface area contributed by atoms with Crippen LogP contribution in [0.3, 0.4) is 0 Å². The highest BCUT2D eigenvalue weighted by molar-refractivity contribution is 5.66. The van der Waals surface area contributed by atoms with E-state index in [0.29, 0.717) is 11.8 Å². The summed E-state index contributed by atoms with van der Waals surface area (Å²) in [7, 11) is 3.99. The standard InChI is InChI=1S/C18H19NO3/c1-19-8-7-18-11-4-6-14(21-2)17(18)22-16-13(20)5-3-10(15(16)18)9-12(11)19/h3-6,12,17,20H,7-9H2,1-2H3/p+1/t12-,17+,18+/m1/s1. The lowest BCUT2D eigenvalue weighted by atomic mass is 9.57. The van der Waals surface area contributed by atoms with Crippen LogP contribution in [0.15, 0.2) is 35.6 Å². The highest BCUT2D eigenvalue weighted by Gasteiger charge is 2.63. The Morgan fingerprint density at radius 2 is 2.23 bits per heavy atom. The Morgan fingerprint density at radius 1 is 1.36 bits per heavy atom. The fourth-order valence-electron chi connectivity index (χ4n) is 5.09. The van der Waals surface area contributed by atoms with E-state index in [2.05, 4.69) is 25.3 Å². The molecule has 1 spiro atoms. The van der Waals surface area contributed by atoms with Gasteiger partial charge in [0.25, 0.3) is 0 Å². The number of ether oxygens (including phenoxy) is 2. The molecule has 1 aromatic rings. The Hall–Kier alpha value is -1.94. The number of methoxy groups -OCH3 is 1. The number of phenolic OH excluding ortho intramolecular Hbond substituents is 1. The predicted molar refractivity (Wildman–Crippen MR) is 81.2 cm³/mol. The van der Waals surface area contributed by atoms with Crippen molar-refractivity contribution in [2.45, 2.75) is 30.4 Å². The van der Waals surface area contributed by atoms with E-state index in [9.17, 15) is 5.11 Å². The highest BCUT2D eigenvalue weighted by atomic mass is 16.5. The number of piperidine rings is 1. The molecule has 1 unspecified atom stereocenters. The van der Waals surface area contributed by atoms with E-state index < -0.39 is 0 Å². The van der Waals surface area contributed by atoms with Crippen molar-refractivity contribution in [1.29, 1.82) is 0 Å². The maximum absolute atomic E-state index is 10.3. The summed E-state index contributed by atoms with van der Waals surface area (Å²) >= 11 is 0. The Labute approximate surface area is 129 Å². The first-order chi connectivity index (χ1) is 10.7. The third-order valence-electron chi connectivity index (χ3n) is 6.10. The van der Waals surface area contributed by atoms with Crippen molar-refractivity contribution in [2.75, 3.05) is 20.7 Å². The van der Waals surface area contributed by atoms with E-state index in [1.165, 1.54) is 16.7 Å². The number of benzene rings is 1. The molecular formula is C18H20NO3+. The molecule has 0 radical (unpaired) electrons. The summed E-state index contributed by atoms with van der Waals surface area (Å²) in [6, 6.07) is 4.35. The van der Waals surface area contributed by atoms with Gasteiger partial charge in [-0.15, -0.1) is 0 Å². The summed E-state index contributed by atoms with van der Waals surface area (Å²) in [5, 5.41) is 10.3. The molecule has 0 amide bonds. The second-order valence-corrected chi connectivity index (χ2v) is 6.92. The van der Waals surface area contributed by atoms with E-state index >= 15 is 0 Å². The van der Waals surface area contributed by atoms with Crippen LogP contribution in [0.4, 0.5) is 0 Å². The van der Waals surface area contributed by atoms with Gasteiger partial charge in [0.15, 0.2) is 17.6 Å². The van der Waals surface area contributed by atoms with Gasteiger partial charge in [-0.2, -0.15) is 0 Å². The Morgan fingerprint density at radius 3 is 3.05 bits per heavy atom. The number of nitrogens with one attached hydrogen (secondary N) is 1. The quantitative estimate of drug-likeness (QED) is 0.802. The van der Waals surface area contributed by atoms with Gasteiger partial charge in [0.1, 0.15) is 11.8 Å². The summed E-state index contributed by atoms with van der Waals surface area (Å²) in [6.07, 6.45) is 6.23. The van der Waals surface area contributed by atoms with Crippen LogP contribution >= 0.6 is 0 Å². The van der Waals surface area contributed by atoms with Gasteiger partial charge in [0, 0.05) is 24.0 Å². The molecule has 2 aliphatic carbocycles. The van der Waals surface area contributed by atoms with Gasteiger partial charge >= 0.3 is 0 Å². The molecule has 1 saturated heterocycles. The minimum Gasteiger partial charge on any atom is -0.504 e. The van der Waals surface area contributed by atoms with Crippen molar-refractivity contribution in [3.05, 3.63) is 46.7 Å². The smallest absolute Gasteiger partial charge is 0.169 e. The van der Waals surface area contributed by atoms with Crippen molar-refractivity contribution in [2.24, 2.45) is 0 Å². The third-order valence-corrected chi connectivity index (χ3v) is 6.10. The van der Waals surface area contributed by atoms with Crippen LogP contribution in [0.5, 0.6) is 11.5 Å². The van der Waals surface area contributed by atoms with Crippen molar-refractivity contribution in [3.63, 3.8) is 0 Å². The Balaban J connectivity index is 1.86. The Kier molecular flexibility index (Phi) is 2.22. The first kappa shape index (κ1) is 12.6. The van der Waals surface area contributed by atoms with Gasteiger partial charge < -0.3 is 19.5 Å². The van der Waals surface area contributed by atoms with E-state index in [-0.39, 0.29) is 17.3 Å². The summed E-state index contributed by atoms with van der Waals surface area (Å²) in [4.78, 5) is 1.57. The lowest BCUT2D eigenvalue weighted by molar-refractivity contribution is -0.906. The molecule has 2 heterocycles. The van der Waals surface area contributed by atoms with Crippen LogP contribution in [0.1, 0.15) is 17.5 Å². The summed E-state index contributed by atoms with van der Waals surface area (Å²) in [6.45, 7) is 1.12. The second kappa shape index (κ2) is 3.87. The predicted octanol–water partition coefficient (Wildman–Crippen LogP) is 0.704. The molecule has 1 fully saturated rings. The van der Waals surface area contributed by atoms with Crippen molar-refractivity contribution < 1.29 is 19.5 Å². The molecule has 2 N–H and O–H groups in total. The maximum atomic E-state index is 10.3.